The van der Waals surface area contributed by atoms with Gasteiger partial charge in [0.25, 0.3) is 0 Å². The number of nitrogens with zero attached hydrogens (tertiary/aromatic N) is 2. The highest BCUT2D eigenvalue weighted by molar-refractivity contribution is 5.36. The van der Waals surface area contributed by atoms with Gasteiger partial charge in [0.1, 0.15) is 12.1 Å². The largest absolute Gasteiger partial charge is 0.481 e. The first-order chi connectivity index (χ1) is 7.80. The minimum atomic E-state index is 0.573. The molecule has 1 rings (SSSR count). The molecule has 0 bridgehead atoms. The lowest BCUT2D eigenvalue weighted by Gasteiger charge is -2.14. The van der Waals surface area contributed by atoms with Crippen LogP contribution in [0.1, 0.15) is 19.8 Å². The third-order valence-corrected chi connectivity index (χ3v) is 2.58. The van der Waals surface area contributed by atoms with E-state index in [2.05, 4.69) is 22.2 Å². The second-order valence-electron chi connectivity index (χ2n) is 3.68. The van der Waals surface area contributed by atoms with Gasteiger partial charge in [0, 0.05) is 12.6 Å². The maximum Gasteiger partial charge on any atom is 0.218 e. The molecule has 0 aliphatic carbocycles. The molecule has 1 unspecified atom stereocenters. The van der Waals surface area contributed by atoms with Gasteiger partial charge in [-0.2, -0.15) is 0 Å². The van der Waals surface area contributed by atoms with E-state index in [1.807, 2.05) is 0 Å². The van der Waals surface area contributed by atoms with E-state index in [-0.39, 0.29) is 0 Å². The van der Waals surface area contributed by atoms with Crippen molar-refractivity contribution in [1.82, 2.24) is 9.97 Å². The summed E-state index contributed by atoms with van der Waals surface area (Å²) in [5.74, 6) is 1.96. The lowest BCUT2D eigenvalue weighted by atomic mass is 10.0. The van der Waals surface area contributed by atoms with Crippen LogP contribution in [0.3, 0.4) is 0 Å². The van der Waals surface area contributed by atoms with E-state index in [1.54, 1.807) is 13.2 Å². The van der Waals surface area contributed by atoms with Crippen LogP contribution in [0, 0.1) is 5.92 Å². The molecule has 1 atom stereocenters. The molecular weight excluding hydrogens is 204 g/mol. The van der Waals surface area contributed by atoms with Crippen LogP contribution in [-0.4, -0.2) is 30.2 Å². The third kappa shape index (κ3) is 4.02. The Hall–Kier alpha value is -1.36. The molecule has 0 fully saturated rings. The lowest BCUT2D eigenvalue weighted by molar-refractivity contribution is 0.397. The number of hydrogen-bond acceptors (Lipinski definition) is 5. The molecule has 0 saturated carbocycles. The summed E-state index contributed by atoms with van der Waals surface area (Å²) in [4.78, 5) is 8.07. The molecule has 0 aliphatic rings. The average molecular weight is 224 g/mol. The molecule has 0 amide bonds. The summed E-state index contributed by atoms with van der Waals surface area (Å²) < 4.78 is 5.02. The van der Waals surface area contributed by atoms with Crippen LogP contribution in [0.15, 0.2) is 12.4 Å². The molecule has 5 nitrogen and oxygen atoms in total. The molecule has 3 N–H and O–H groups in total. The molecule has 0 radical (unpaired) electrons. The van der Waals surface area contributed by atoms with Crippen molar-refractivity contribution in [3.8, 4) is 5.88 Å². The molecule has 1 heterocycles. The first-order valence-electron chi connectivity index (χ1n) is 5.60. The second kappa shape index (κ2) is 7.00. The summed E-state index contributed by atoms with van der Waals surface area (Å²) in [6, 6.07) is 1.79. The fourth-order valence-electron chi connectivity index (χ4n) is 1.48. The van der Waals surface area contributed by atoms with Gasteiger partial charge in [-0.15, -0.1) is 0 Å². The zero-order chi connectivity index (χ0) is 11.8. The number of methoxy groups -OCH3 is 1. The summed E-state index contributed by atoms with van der Waals surface area (Å²) >= 11 is 0. The highest BCUT2D eigenvalue weighted by Gasteiger charge is 2.05. The normalized spacial score (nSPS) is 12.2. The van der Waals surface area contributed by atoms with Crippen molar-refractivity contribution in [3.63, 3.8) is 0 Å². The second-order valence-corrected chi connectivity index (χ2v) is 3.68. The smallest absolute Gasteiger partial charge is 0.218 e. The van der Waals surface area contributed by atoms with Gasteiger partial charge in [-0.25, -0.2) is 9.97 Å². The summed E-state index contributed by atoms with van der Waals surface area (Å²) in [5.41, 5.74) is 5.55. The fraction of sp³-hybridized carbons (Fsp3) is 0.636. The minimum absolute atomic E-state index is 0.573. The van der Waals surface area contributed by atoms with Crippen LogP contribution in [0.2, 0.25) is 0 Å². The van der Waals surface area contributed by atoms with Gasteiger partial charge in [-0.05, 0) is 18.9 Å². The standard InChI is InChI=1S/C11H20N4O/c1-3-9(4-5-12)7-13-10-6-11(16-2)15-8-14-10/h6,8-9H,3-5,7,12H2,1-2H3,(H,13,14,15). The first kappa shape index (κ1) is 12.7. The molecule has 90 valence electrons. The zero-order valence-corrected chi connectivity index (χ0v) is 9.94. The predicted octanol–water partition coefficient (Wildman–Crippen LogP) is 1.27. The number of hydrogen-bond donors (Lipinski definition) is 2. The van der Waals surface area contributed by atoms with Crippen molar-refractivity contribution >= 4 is 5.82 Å². The first-order valence-corrected chi connectivity index (χ1v) is 5.60. The molecule has 0 aliphatic heterocycles. The summed E-state index contributed by atoms with van der Waals surface area (Å²) in [6.45, 7) is 3.78. The van der Waals surface area contributed by atoms with Crippen LogP contribution < -0.4 is 15.8 Å². The Morgan fingerprint density at radius 1 is 1.50 bits per heavy atom. The Balaban J connectivity index is 2.46. The van der Waals surface area contributed by atoms with Gasteiger partial charge < -0.3 is 15.8 Å². The molecule has 16 heavy (non-hydrogen) atoms. The Labute approximate surface area is 96.4 Å². The SMILES string of the molecule is CCC(CCN)CNc1cc(OC)ncn1. The van der Waals surface area contributed by atoms with Crippen LogP contribution in [0.25, 0.3) is 0 Å². The van der Waals surface area contributed by atoms with E-state index in [0.29, 0.717) is 11.8 Å². The highest BCUT2D eigenvalue weighted by atomic mass is 16.5. The van der Waals surface area contributed by atoms with Crippen LogP contribution in [0.5, 0.6) is 5.88 Å². The van der Waals surface area contributed by atoms with Gasteiger partial charge in [-0.3, -0.25) is 0 Å². The summed E-state index contributed by atoms with van der Waals surface area (Å²) in [5, 5.41) is 3.27. The molecule has 0 saturated heterocycles. The third-order valence-electron chi connectivity index (χ3n) is 2.58. The van der Waals surface area contributed by atoms with Gasteiger partial charge in [0.2, 0.25) is 5.88 Å². The van der Waals surface area contributed by atoms with E-state index in [9.17, 15) is 0 Å². The summed E-state index contributed by atoms with van der Waals surface area (Å²) in [7, 11) is 1.59. The van der Waals surface area contributed by atoms with E-state index in [1.165, 1.54) is 6.33 Å². The Bertz CT molecular complexity index is 306. The number of aromatic nitrogens is 2. The van der Waals surface area contributed by atoms with Gasteiger partial charge >= 0.3 is 0 Å². The van der Waals surface area contributed by atoms with Crippen molar-refractivity contribution < 1.29 is 4.74 Å². The Morgan fingerprint density at radius 2 is 2.31 bits per heavy atom. The van der Waals surface area contributed by atoms with Crippen LogP contribution in [0.4, 0.5) is 5.82 Å². The van der Waals surface area contributed by atoms with Crippen molar-refractivity contribution in [2.45, 2.75) is 19.8 Å². The van der Waals surface area contributed by atoms with Crippen LogP contribution in [-0.2, 0) is 0 Å². The number of nitrogens with two attached hydrogens (primary N) is 1. The number of ether oxygens (including phenoxy) is 1. The minimum Gasteiger partial charge on any atom is -0.481 e. The topological polar surface area (TPSA) is 73.1 Å². The van der Waals surface area contributed by atoms with Gasteiger partial charge in [0.15, 0.2) is 0 Å². The molecule has 5 heteroatoms. The van der Waals surface area contributed by atoms with Gasteiger partial charge in [0.05, 0.1) is 7.11 Å². The van der Waals surface area contributed by atoms with Crippen molar-refractivity contribution in [3.05, 3.63) is 12.4 Å². The highest BCUT2D eigenvalue weighted by Crippen LogP contribution is 2.12. The molecule has 0 spiro atoms. The molecular formula is C11H20N4O. The zero-order valence-electron chi connectivity index (χ0n) is 9.94. The van der Waals surface area contributed by atoms with Crippen molar-refractivity contribution in [2.24, 2.45) is 11.7 Å². The Morgan fingerprint density at radius 3 is 2.94 bits per heavy atom. The monoisotopic (exact) mass is 224 g/mol. The average Bonchev–Trinajstić information content (AvgIpc) is 2.34. The van der Waals surface area contributed by atoms with E-state index in [0.717, 1.165) is 31.7 Å². The number of anilines is 1. The number of nitrogens with one attached hydrogen (secondary N) is 1. The lowest BCUT2D eigenvalue weighted by Crippen LogP contribution is -2.17. The molecule has 0 aromatic carbocycles. The maximum absolute atomic E-state index is 5.55. The molecule has 1 aromatic heterocycles. The van der Waals surface area contributed by atoms with Crippen molar-refractivity contribution in [2.75, 3.05) is 25.5 Å². The van der Waals surface area contributed by atoms with E-state index < -0.39 is 0 Å². The summed E-state index contributed by atoms with van der Waals surface area (Å²) in [6.07, 6.45) is 3.64. The maximum atomic E-state index is 5.55. The van der Waals surface area contributed by atoms with E-state index >= 15 is 0 Å². The quantitative estimate of drug-likeness (QED) is 0.729. The van der Waals surface area contributed by atoms with Gasteiger partial charge in [-0.1, -0.05) is 13.3 Å². The predicted molar refractivity (Wildman–Crippen MR) is 64.5 cm³/mol. The van der Waals surface area contributed by atoms with E-state index in [4.69, 9.17) is 10.5 Å². The fourth-order valence-corrected chi connectivity index (χ4v) is 1.48. The Kier molecular flexibility index (Phi) is 5.56. The number of rotatable bonds is 7. The molecule has 1 aromatic rings. The van der Waals surface area contributed by atoms with Crippen LogP contribution >= 0.6 is 0 Å². The van der Waals surface area contributed by atoms with Crippen molar-refractivity contribution in [1.29, 1.82) is 0 Å².